The summed E-state index contributed by atoms with van der Waals surface area (Å²) in [7, 11) is 2.79. The lowest BCUT2D eigenvalue weighted by Crippen LogP contribution is -2.20. The largest absolute Gasteiger partial charge is 0.497 e. The molecule has 9 heteroatoms. The third-order valence-corrected chi connectivity index (χ3v) is 4.30. The highest BCUT2D eigenvalue weighted by atomic mass is 16.5. The van der Waals surface area contributed by atoms with Crippen LogP contribution in [-0.4, -0.2) is 38.7 Å². The Kier molecular flexibility index (Phi) is 7.47. The summed E-state index contributed by atoms with van der Waals surface area (Å²) in [6.45, 7) is -0.436. The Morgan fingerprint density at radius 2 is 1.72 bits per heavy atom. The van der Waals surface area contributed by atoms with Crippen molar-refractivity contribution in [3.05, 3.63) is 77.7 Å². The minimum atomic E-state index is -0.612. The van der Waals surface area contributed by atoms with Crippen LogP contribution in [0.1, 0.15) is 26.5 Å². The molecule has 0 atom stereocenters. The molecule has 0 unspecified atom stereocenters. The lowest BCUT2D eigenvalue weighted by atomic mass is 10.2. The predicted octanol–water partition coefficient (Wildman–Crippen LogP) is 3.45. The molecule has 9 nitrogen and oxygen atoms in total. The van der Waals surface area contributed by atoms with E-state index in [0.717, 1.165) is 0 Å². The number of nitrogens with one attached hydrogen (secondary N) is 1. The van der Waals surface area contributed by atoms with E-state index in [-0.39, 0.29) is 36.0 Å². The van der Waals surface area contributed by atoms with Gasteiger partial charge in [0.1, 0.15) is 17.1 Å². The van der Waals surface area contributed by atoms with Gasteiger partial charge in [-0.1, -0.05) is 6.07 Å². The van der Waals surface area contributed by atoms with E-state index >= 15 is 0 Å². The van der Waals surface area contributed by atoms with Crippen LogP contribution in [0.3, 0.4) is 0 Å². The monoisotopic (exact) mass is 439 g/mol. The molecule has 1 aromatic heterocycles. The maximum absolute atomic E-state index is 12.2. The highest BCUT2D eigenvalue weighted by molar-refractivity contribution is 5.92. The zero-order valence-electron chi connectivity index (χ0n) is 17.5. The SMILES string of the molecule is COC(=O)c1ccoc1COC(=O)c1ccc(OCC(=O)Nc2cccc(OC)c2)cc1. The van der Waals surface area contributed by atoms with Gasteiger partial charge in [0, 0.05) is 11.8 Å². The lowest BCUT2D eigenvalue weighted by Gasteiger charge is -2.09. The van der Waals surface area contributed by atoms with Crippen LogP contribution in [0.4, 0.5) is 5.69 Å². The molecule has 0 spiro atoms. The maximum Gasteiger partial charge on any atom is 0.341 e. The molecule has 3 rings (SSSR count). The predicted molar refractivity (Wildman–Crippen MR) is 113 cm³/mol. The topological polar surface area (TPSA) is 113 Å². The second-order valence-corrected chi connectivity index (χ2v) is 6.42. The number of ether oxygens (including phenoxy) is 4. The van der Waals surface area contributed by atoms with E-state index in [0.29, 0.717) is 17.2 Å². The van der Waals surface area contributed by atoms with Gasteiger partial charge in [-0.15, -0.1) is 0 Å². The van der Waals surface area contributed by atoms with Crippen molar-refractivity contribution in [1.82, 2.24) is 0 Å². The summed E-state index contributed by atoms with van der Waals surface area (Å²) in [6.07, 6.45) is 1.31. The fourth-order valence-electron chi connectivity index (χ4n) is 2.69. The first-order chi connectivity index (χ1) is 15.5. The Morgan fingerprint density at radius 1 is 0.938 bits per heavy atom. The molecule has 0 fully saturated rings. The third-order valence-electron chi connectivity index (χ3n) is 4.30. The quantitative estimate of drug-likeness (QED) is 0.505. The highest BCUT2D eigenvalue weighted by Crippen LogP contribution is 2.18. The van der Waals surface area contributed by atoms with Crippen LogP contribution in [0, 0.1) is 0 Å². The van der Waals surface area contributed by atoms with E-state index in [9.17, 15) is 14.4 Å². The van der Waals surface area contributed by atoms with Crippen molar-refractivity contribution in [3.63, 3.8) is 0 Å². The number of carbonyl (C=O) groups excluding carboxylic acids is 3. The van der Waals surface area contributed by atoms with Crippen molar-refractivity contribution in [2.45, 2.75) is 6.61 Å². The summed E-state index contributed by atoms with van der Waals surface area (Å²) >= 11 is 0. The Balaban J connectivity index is 1.49. The number of rotatable bonds is 9. The smallest absolute Gasteiger partial charge is 0.341 e. The number of hydrogen-bond acceptors (Lipinski definition) is 8. The number of anilines is 1. The molecule has 0 aliphatic carbocycles. The van der Waals surface area contributed by atoms with E-state index in [1.807, 2.05) is 0 Å². The molecule has 32 heavy (non-hydrogen) atoms. The van der Waals surface area contributed by atoms with Crippen molar-refractivity contribution in [2.24, 2.45) is 0 Å². The average molecular weight is 439 g/mol. The van der Waals surface area contributed by atoms with Gasteiger partial charge in [-0.3, -0.25) is 4.79 Å². The van der Waals surface area contributed by atoms with E-state index in [1.54, 1.807) is 43.5 Å². The summed E-state index contributed by atoms with van der Waals surface area (Å²) in [6, 6.07) is 14.5. The normalized spacial score (nSPS) is 10.2. The van der Waals surface area contributed by atoms with Crippen LogP contribution < -0.4 is 14.8 Å². The van der Waals surface area contributed by atoms with Gasteiger partial charge in [0.25, 0.3) is 5.91 Å². The average Bonchev–Trinajstić information content (AvgIpc) is 3.30. The number of benzene rings is 2. The van der Waals surface area contributed by atoms with E-state index in [4.69, 9.17) is 18.6 Å². The van der Waals surface area contributed by atoms with Gasteiger partial charge in [0.15, 0.2) is 19.0 Å². The first-order valence-corrected chi connectivity index (χ1v) is 9.48. The van der Waals surface area contributed by atoms with Crippen molar-refractivity contribution in [2.75, 3.05) is 26.1 Å². The Labute approximate surface area is 183 Å². The second kappa shape index (κ2) is 10.7. The molecule has 0 saturated heterocycles. The van der Waals surface area contributed by atoms with Crippen molar-refractivity contribution in [3.8, 4) is 11.5 Å². The molecular weight excluding hydrogens is 418 g/mol. The number of carbonyl (C=O) groups is 3. The molecule has 0 saturated carbocycles. The molecule has 0 aliphatic heterocycles. The minimum Gasteiger partial charge on any atom is -0.497 e. The van der Waals surface area contributed by atoms with Crippen LogP contribution in [-0.2, 0) is 20.9 Å². The fraction of sp³-hybridized carbons (Fsp3) is 0.174. The van der Waals surface area contributed by atoms with Gasteiger partial charge in [-0.25, -0.2) is 9.59 Å². The van der Waals surface area contributed by atoms with Crippen molar-refractivity contribution >= 4 is 23.5 Å². The minimum absolute atomic E-state index is 0.187. The van der Waals surface area contributed by atoms with Gasteiger partial charge in [0.05, 0.1) is 26.0 Å². The van der Waals surface area contributed by atoms with Gasteiger partial charge in [-0.2, -0.15) is 0 Å². The lowest BCUT2D eigenvalue weighted by molar-refractivity contribution is -0.118. The van der Waals surface area contributed by atoms with Gasteiger partial charge < -0.3 is 28.7 Å². The number of esters is 2. The van der Waals surface area contributed by atoms with E-state index in [1.165, 1.54) is 31.6 Å². The van der Waals surface area contributed by atoms with Gasteiger partial charge in [-0.05, 0) is 42.5 Å². The maximum atomic E-state index is 12.2. The summed E-state index contributed by atoms with van der Waals surface area (Å²) in [5.41, 5.74) is 1.04. The summed E-state index contributed by atoms with van der Waals surface area (Å²) in [4.78, 5) is 35.9. The van der Waals surface area contributed by atoms with Crippen LogP contribution >= 0.6 is 0 Å². The van der Waals surface area contributed by atoms with E-state index < -0.39 is 11.9 Å². The first-order valence-electron chi connectivity index (χ1n) is 9.48. The molecule has 166 valence electrons. The van der Waals surface area contributed by atoms with Crippen LogP contribution in [0.2, 0.25) is 0 Å². The highest BCUT2D eigenvalue weighted by Gasteiger charge is 2.17. The Morgan fingerprint density at radius 3 is 2.44 bits per heavy atom. The molecule has 0 bridgehead atoms. The zero-order chi connectivity index (χ0) is 22.9. The van der Waals surface area contributed by atoms with Crippen molar-refractivity contribution in [1.29, 1.82) is 0 Å². The zero-order valence-corrected chi connectivity index (χ0v) is 17.5. The molecule has 3 aromatic rings. The molecular formula is C23H21NO8. The van der Waals surface area contributed by atoms with Crippen molar-refractivity contribution < 1.29 is 37.7 Å². The molecule has 1 N–H and O–H groups in total. The molecule has 1 amide bonds. The standard InChI is InChI=1S/C23H21NO8/c1-28-18-5-3-4-16(12-18)24-21(25)14-31-17-8-6-15(7-9-17)22(26)32-13-20-19(10-11-30-20)23(27)29-2/h3-12H,13-14H2,1-2H3,(H,24,25). The molecule has 0 radical (unpaired) electrons. The summed E-state index contributed by atoms with van der Waals surface area (Å²) < 4.78 is 25.5. The second-order valence-electron chi connectivity index (χ2n) is 6.42. The van der Waals surface area contributed by atoms with Gasteiger partial charge >= 0.3 is 11.9 Å². The summed E-state index contributed by atoms with van der Waals surface area (Å²) in [5, 5.41) is 2.70. The summed E-state index contributed by atoms with van der Waals surface area (Å²) in [5.74, 6) is -0.323. The molecule has 2 aromatic carbocycles. The number of methoxy groups -OCH3 is 2. The fourth-order valence-corrected chi connectivity index (χ4v) is 2.69. The van der Waals surface area contributed by atoms with Gasteiger partial charge in [0.2, 0.25) is 0 Å². The Hall–Kier alpha value is -4.27. The first kappa shape index (κ1) is 22.4. The van der Waals surface area contributed by atoms with Crippen LogP contribution in [0.25, 0.3) is 0 Å². The van der Waals surface area contributed by atoms with Crippen LogP contribution in [0.15, 0.2) is 65.3 Å². The number of hydrogen-bond donors (Lipinski definition) is 1. The number of amides is 1. The van der Waals surface area contributed by atoms with E-state index in [2.05, 4.69) is 10.1 Å². The third kappa shape index (κ3) is 5.88. The van der Waals surface area contributed by atoms with Crippen LogP contribution in [0.5, 0.6) is 11.5 Å². The molecule has 1 heterocycles. The Bertz CT molecular complexity index is 1090. The number of furan rings is 1. The molecule has 0 aliphatic rings.